The minimum atomic E-state index is -0.0342. The van der Waals surface area contributed by atoms with Crippen LogP contribution in [0.1, 0.15) is 11.3 Å². The molecule has 0 aliphatic carbocycles. The van der Waals surface area contributed by atoms with Gasteiger partial charge in [-0.25, -0.2) is 0 Å². The molecular formula is C7H11N3O. The molecule has 0 amide bonds. The summed E-state index contributed by atoms with van der Waals surface area (Å²) >= 11 is 0. The van der Waals surface area contributed by atoms with Crippen LogP contribution < -0.4 is 5.56 Å². The van der Waals surface area contributed by atoms with Crippen LogP contribution in [0.15, 0.2) is 9.79 Å². The molecular weight excluding hydrogens is 142 g/mol. The molecule has 0 radical (unpaired) electrons. The van der Waals surface area contributed by atoms with Crippen LogP contribution in [-0.4, -0.2) is 23.0 Å². The first-order valence-corrected chi connectivity index (χ1v) is 3.34. The lowest BCUT2D eigenvalue weighted by atomic mass is 10.3. The van der Waals surface area contributed by atoms with Crippen LogP contribution >= 0.6 is 0 Å². The van der Waals surface area contributed by atoms with Crippen molar-refractivity contribution in [1.82, 2.24) is 9.78 Å². The monoisotopic (exact) mass is 153 g/mol. The van der Waals surface area contributed by atoms with Crippen molar-refractivity contribution in [3.63, 3.8) is 0 Å². The van der Waals surface area contributed by atoms with Crippen LogP contribution in [0.3, 0.4) is 0 Å². The number of H-pyrrole nitrogens is 1. The molecule has 60 valence electrons. The van der Waals surface area contributed by atoms with Crippen molar-refractivity contribution in [2.45, 2.75) is 6.92 Å². The molecule has 1 aromatic heterocycles. The lowest BCUT2D eigenvalue weighted by molar-refractivity contribution is 0.731. The molecule has 0 saturated carbocycles. The van der Waals surface area contributed by atoms with Gasteiger partial charge in [-0.3, -0.25) is 19.6 Å². The molecule has 4 heteroatoms. The van der Waals surface area contributed by atoms with E-state index >= 15 is 0 Å². The molecule has 0 saturated heterocycles. The van der Waals surface area contributed by atoms with Gasteiger partial charge < -0.3 is 0 Å². The van der Waals surface area contributed by atoms with E-state index < -0.39 is 0 Å². The topological polar surface area (TPSA) is 50.1 Å². The summed E-state index contributed by atoms with van der Waals surface area (Å²) in [7, 11) is 3.33. The number of aromatic amines is 1. The Balaban J connectivity index is 3.34. The smallest absolute Gasteiger partial charge is 0.275 e. The Morgan fingerprint density at radius 1 is 1.64 bits per heavy atom. The van der Waals surface area contributed by atoms with Gasteiger partial charge in [-0.1, -0.05) is 0 Å². The first kappa shape index (κ1) is 7.78. The van der Waals surface area contributed by atoms with Gasteiger partial charge in [-0.2, -0.15) is 0 Å². The molecule has 0 atom stereocenters. The first-order chi connectivity index (χ1) is 5.16. The van der Waals surface area contributed by atoms with Crippen LogP contribution in [0.25, 0.3) is 0 Å². The third kappa shape index (κ3) is 1.24. The van der Waals surface area contributed by atoms with Crippen molar-refractivity contribution in [1.29, 1.82) is 0 Å². The summed E-state index contributed by atoms with van der Waals surface area (Å²) in [6, 6.07) is 0. The van der Waals surface area contributed by atoms with Gasteiger partial charge in [-0.15, -0.1) is 0 Å². The average Bonchev–Trinajstić information content (AvgIpc) is 2.17. The van der Waals surface area contributed by atoms with E-state index in [1.807, 2.05) is 6.92 Å². The third-order valence-corrected chi connectivity index (χ3v) is 1.53. The number of aromatic nitrogens is 2. The number of hydrogen-bond acceptors (Lipinski definition) is 2. The van der Waals surface area contributed by atoms with Gasteiger partial charge >= 0.3 is 0 Å². The van der Waals surface area contributed by atoms with Gasteiger partial charge in [0.05, 0.1) is 5.56 Å². The number of aliphatic imine (C=N–C) groups is 1. The SMILES string of the molecule is CN=Cc1c(C)[nH]n(C)c1=O. The van der Waals surface area contributed by atoms with E-state index in [1.165, 1.54) is 4.68 Å². The van der Waals surface area contributed by atoms with Crippen LogP contribution in [0.4, 0.5) is 0 Å². The van der Waals surface area contributed by atoms with Crippen LogP contribution in [-0.2, 0) is 7.05 Å². The lowest BCUT2D eigenvalue weighted by Gasteiger charge is -1.83. The molecule has 0 aromatic carbocycles. The van der Waals surface area contributed by atoms with Gasteiger partial charge in [0.25, 0.3) is 5.56 Å². The summed E-state index contributed by atoms with van der Waals surface area (Å²) in [6.07, 6.45) is 1.56. The second kappa shape index (κ2) is 2.74. The van der Waals surface area contributed by atoms with Gasteiger partial charge in [-0.05, 0) is 6.92 Å². The Bertz CT molecular complexity index is 332. The highest BCUT2D eigenvalue weighted by Gasteiger charge is 2.04. The molecule has 1 N–H and O–H groups in total. The molecule has 0 aliphatic heterocycles. The van der Waals surface area contributed by atoms with Crippen molar-refractivity contribution in [2.24, 2.45) is 12.0 Å². The summed E-state index contributed by atoms with van der Waals surface area (Å²) in [4.78, 5) is 15.0. The normalized spacial score (nSPS) is 11.2. The van der Waals surface area contributed by atoms with Crippen molar-refractivity contribution in [3.8, 4) is 0 Å². The van der Waals surface area contributed by atoms with Crippen LogP contribution in [0.5, 0.6) is 0 Å². The molecule has 1 aromatic rings. The minimum absolute atomic E-state index is 0.0342. The standard InChI is InChI=1S/C7H11N3O/c1-5-6(4-8-2)7(11)10(3)9-5/h4,9H,1-3H3. The summed E-state index contributed by atoms with van der Waals surface area (Å²) in [5.74, 6) is 0. The average molecular weight is 153 g/mol. The fraction of sp³-hybridized carbons (Fsp3) is 0.429. The summed E-state index contributed by atoms with van der Waals surface area (Å²) in [5, 5.41) is 2.87. The zero-order valence-electron chi connectivity index (χ0n) is 6.88. The van der Waals surface area contributed by atoms with E-state index in [9.17, 15) is 4.79 Å². The minimum Gasteiger partial charge on any atom is -0.300 e. The van der Waals surface area contributed by atoms with Gasteiger partial charge in [0.1, 0.15) is 0 Å². The number of nitrogens with zero attached hydrogens (tertiary/aromatic N) is 2. The second-order valence-electron chi connectivity index (χ2n) is 2.40. The van der Waals surface area contributed by atoms with E-state index in [-0.39, 0.29) is 5.56 Å². The predicted octanol–water partition coefficient (Wildman–Crippen LogP) is 0.0705. The maximum absolute atomic E-state index is 11.2. The van der Waals surface area contributed by atoms with Gasteiger partial charge in [0.2, 0.25) is 0 Å². The van der Waals surface area contributed by atoms with Gasteiger partial charge in [0, 0.05) is 26.0 Å². The van der Waals surface area contributed by atoms with E-state index in [0.717, 1.165) is 5.69 Å². The largest absolute Gasteiger partial charge is 0.300 e. The van der Waals surface area contributed by atoms with Crippen LogP contribution in [0.2, 0.25) is 0 Å². The zero-order chi connectivity index (χ0) is 8.43. The highest BCUT2D eigenvalue weighted by molar-refractivity contribution is 5.80. The van der Waals surface area contributed by atoms with E-state index in [0.29, 0.717) is 5.56 Å². The molecule has 4 nitrogen and oxygen atoms in total. The van der Waals surface area contributed by atoms with Crippen molar-refractivity contribution in [2.75, 3.05) is 7.05 Å². The van der Waals surface area contributed by atoms with E-state index in [4.69, 9.17) is 0 Å². The lowest BCUT2D eigenvalue weighted by Crippen LogP contribution is -2.14. The first-order valence-electron chi connectivity index (χ1n) is 3.34. The Hall–Kier alpha value is -1.32. The third-order valence-electron chi connectivity index (χ3n) is 1.53. The highest BCUT2D eigenvalue weighted by Crippen LogP contribution is 1.93. The fourth-order valence-corrected chi connectivity index (χ4v) is 0.985. The second-order valence-corrected chi connectivity index (χ2v) is 2.40. The maximum atomic E-state index is 11.2. The van der Waals surface area contributed by atoms with E-state index in [1.54, 1.807) is 20.3 Å². The fourth-order valence-electron chi connectivity index (χ4n) is 0.985. The Labute approximate surface area is 64.6 Å². The molecule has 0 bridgehead atoms. The predicted molar refractivity (Wildman–Crippen MR) is 44.3 cm³/mol. The van der Waals surface area contributed by atoms with Crippen molar-refractivity contribution < 1.29 is 0 Å². The number of aryl methyl sites for hydroxylation is 2. The number of rotatable bonds is 1. The van der Waals surface area contributed by atoms with E-state index in [2.05, 4.69) is 10.1 Å². The summed E-state index contributed by atoms with van der Waals surface area (Å²) in [6.45, 7) is 1.85. The molecule has 0 aliphatic rings. The maximum Gasteiger partial charge on any atom is 0.275 e. The Morgan fingerprint density at radius 3 is 2.64 bits per heavy atom. The quantitative estimate of drug-likeness (QED) is 0.570. The van der Waals surface area contributed by atoms with Crippen molar-refractivity contribution in [3.05, 3.63) is 21.6 Å². The zero-order valence-corrected chi connectivity index (χ0v) is 6.88. The Morgan fingerprint density at radius 2 is 2.27 bits per heavy atom. The number of hydrogen-bond donors (Lipinski definition) is 1. The molecule has 1 rings (SSSR count). The highest BCUT2D eigenvalue weighted by atomic mass is 16.1. The molecule has 0 fully saturated rings. The summed E-state index contributed by atoms with van der Waals surface area (Å²) < 4.78 is 1.44. The Kier molecular flexibility index (Phi) is 1.94. The van der Waals surface area contributed by atoms with Crippen LogP contribution in [0, 0.1) is 6.92 Å². The molecule has 1 heterocycles. The van der Waals surface area contributed by atoms with Gasteiger partial charge in [0.15, 0.2) is 0 Å². The molecule has 11 heavy (non-hydrogen) atoms. The molecule has 0 spiro atoms. The molecule has 0 unspecified atom stereocenters. The number of nitrogens with one attached hydrogen (secondary N) is 1. The van der Waals surface area contributed by atoms with Crippen molar-refractivity contribution >= 4 is 6.21 Å². The summed E-state index contributed by atoms with van der Waals surface area (Å²) in [5.41, 5.74) is 1.45.